The van der Waals surface area contributed by atoms with Crippen LogP contribution in [0.15, 0.2) is 12.2 Å². The molecule has 0 saturated carbocycles. The number of ketones is 1. The van der Waals surface area contributed by atoms with Crippen molar-refractivity contribution in [3.8, 4) is 0 Å². The van der Waals surface area contributed by atoms with E-state index >= 15 is 0 Å². The first kappa shape index (κ1) is 8.43. The van der Waals surface area contributed by atoms with Gasteiger partial charge >= 0.3 is 0 Å². The maximum atomic E-state index is 10.9. The maximum Gasteiger partial charge on any atom is 0.188 e. The number of aliphatic hydroxyl groups is 2. The van der Waals surface area contributed by atoms with Gasteiger partial charge in [0.15, 0.2) is 11.6 Å². The van der Waals surface area contributed by atoms with E-state index in [0.717, 1.165) is 6.08 Å². The largest absolute Gasteiger partial charge is 0.362 e. The van der Waals surface area contributed by atoms with Crippen molar-refractivity contribution in [2.24, 2.45) is 5.41 Å². The summed E-state index contributed by atoms with van der Waals surface area (Å²) in [5, 5.41) is 18.7. The van der Waals surface area contributed by atoms with Crippen LogP contribution >= 0.6 is 0 Å². The average Bonchev–Trinajstić information content (AvgIpc) is 1.80. The van der Waals surface area contributed by atoms with Gasteiger partial charge in [0, 0.05) is 11.8 Å². The summed E-state index contributed by atoms with van der Waals surface area (Å²) in [6.07, 6.45) is 2.53. The minimum absolute atomic E-state index is 0.0614. The number of carbonyl (C=O) groups is 1. The zero-order valence-corrected chi connectivity index (χ0v) is 6.66. The zero-order valence-electron chi connectivity index (χ0n) is 6.66. The van der Waals surface area contributed by atoms with E-state index in [2.05, 4.69) is 0 Å². The van der Waals surface area contributed by atoms with Gasteiger partial charge in [0.25, 0.3) is 0 Å². The molecule has 0 radical (unpaired) electrons. The monoisotopic (exact) mass is 156 g/mol. The Kier molecular flexibility index (Phi) is 1.65. The molecule has 0 aromatic carbocycles. The summed E-state index contributed by atoms with van der Waals surface area (Å²) in [5.74, 6) is -1.91. The smallest absolute Gasteiger partial charge is 0.188 e. The van der Waals surface area contributed by atoms with E-state index < -0.39 is 11.2 Å². The molecule has 2 N–H and O–H groups in total. The van der Waals surface area contributed by atoms with Crippen molar-refractivity contribution in [2.75, 3.05) is 0 Å². The number of carbonyl (C=O) groups excluding carboxylic acids is 1. The highest BCUT2D eigenvalue weighted by Gasteiger charge is 2.43. The number of rotatable bonds is 0. The van der Waals surface area contributed by atoms with Gasteiger partial charge in [-0.05, 0) is 12.2 Å². The van der Waals surface area contributed by atoms with Crippen LogP contribution in [0.4, 0.5) is 0 Å². The molecule has 1 aliphatic rings. The number of hydrogen-bond donors (Lipinski definition) is 2. The van der Waals surface area contributed by atoms with Crippen LogP contribution < -0.4 is 0 Å². The molecule has 1 rings (SSSR count). The Balaban J connectivity index is 3.00. The molecule has 3 heteroatoms. The standard InChI is InChI=1S/C8H12O3/c1-7(2)5-6(9)3-4-8(7,10)11/h3-4,10-11H,5H2,1-2H3. The van der Waals surface area contributed by atoms with Gasteiger partial charge in [0.1, 0.15) is 0 Å². The molecule has 0 saturated heterocycles. The Morgan fingerprint density at radius 2 is 2.00 bits per heavy atom. The van der Waals surface area contributed by atoms with Crippen molar-refractivity contribution in [2.45, 2.75) is 26.1 Å². The summed E-state index contributed by atoms with van der Waals surface area (Å²) >= 11 is 0. The second-order valence-electron chi connectivity index (χ2n) is 3.59. The molecule has 0 aromatic heterocycles. The van der Waals surface area contributed by atoms with Crippen LogP contribution in [0, 0.1) is 5.41 Å². The lowest BCUT2D eigenvalue weighted by atomic mass is 9.75. The highest BCUT2D eigenvalue weighted by atomic mass is 16.5. The van der Waals surface area contributed by atoms with E-state index in [1.165, 1.54) is 6.08 Å². The third-order valence-electron chi connectivity index (χ3n) is 2.11. The second kappa shape index (κ2) is 2.16. The third-order valence-corrected chi connectivity index (χ3v) is 2.11. The van der Waals surface area contributed by atoms with Crippen LogP contribution in [-0.2, 0) is 4.79 Å². The summed E-state index contributed by atoms with van der Waals surface area (Å²) in [6, 6.07) is 0. The fourth-order valence-corrected chi connectivity index (χ4v) is 1.06. The maximum absolute atomic E-state index is 10.9. The summed E-state index contributed by atoms with van der Waals surface area (Å²) < 4.78 is 0. The van der Waals surface area contributed by atoms with Crippen LogP contribution in [0.3, 0.4) is 0 Å². The van der Waals surface area contributed by atoms with Crippen molar-refractivity contribution >= 4 is 5.78 Å². The molecule has 0 bridgehead atoms. The minimum atomic E-state index is -1.85. The summed E-state index contributed by atoms with van der Waals surface area (Å²) in [4.78, 5) is 10.9. The van der Waals surface area contributed by atoms with Gasteiger partial charge in [-0.15, -0.1) is 0 Å². The molecular formula is C8H12O3. The Morgan fingerprint density at radius 3 is 2.36 bits per heavy atom. The van der Waals surface area contributed by atoms with E-state index in [9.17, 15) is 15.0 Å². The fraction of sp³-hybridized carbons (Fsp3) is 0.625. The van der Waals surface area contributed by atoms with Crippen LogP contribution in [0.2, 0.25) is 0 Å². The quantitative estimate of drug-likeness (QED) is 0.493. The molecule has 0 atom stereocenters. The number of hydrogen-bond acceptors (Lipinski definition) is 3. The van der Waals surface area contributed by atoms with Crippen LogP contribution in [0.1, 0.15) is 20.3 Å². The van der Waals surface area contributed by atoms with E-state index in [1.54, 1.807) is 13.8 Å². The summed E-state index contributed by atoms with van der Waals surface area (Å²) in [6.45, 7) is 3.29. The van der Waals surface area contributed by atoms with E-state index in [-0.39, 0.29) is 12.2 Å². The predicted octanol–water partition coefficient (Wildman–Crippen LogP) is 0.223. The molecule has 62 valence electrons. The van der Waals surface area contributed by atoms with E-state index in [1.807, 2.05) is 0 Å². The third kappa shape index (κ3) is 1.34. The van der Waals surface area contributed by atoms with E-state index in [4.69, 9.17) is 0 Å². The fourth-order valence-electron chi connectivity index (χ4n) is 1.06. The van der Waals surface area contributed by atoms with Crippen molar-refractivity contribution < 1.29 is 15.0 Å². The van der Waals surface area contributed by atoms with Crippen molar-refractivity contribution in [1.29, 1.82) is 0 Å². The second-order valence-corrected chi connectivity index (χ2v) is 3.59. The lowest BCUT2D eigenvalue weighted by Gasteiger charge is -2.37. The molecule has 1 aliphatic carbocycles. The highest BCUT2D eigenvalue weighted by Crippen LogP contribution is 2.36. The van der Waals surface area contributed by atoms with Crippen molar-refractivity contribution in [3.05, 3.63) is 12.2 Å². The first-order valence-corrected chi connectivity index (χ1v) is 3.52. The predicted molar refractivity (Wildman–Crippen MR) is 39.7 cm³/mol. The molecule has 11 heavy (non-hydrogen) atoms. The number of allylic oxidation sites excluding steroid dienone is 1. The Hall–Kier alpha value is -0.670. The van der Waals surface area contributed by atoms with Crippen molar-refractivity contribution in [1.82, 2.24) is 0 Å². The minimum Gasteiger partial charge on any atom is -0.362 e. The Labute approximate surface area is 65.3 Å². The molecule has 3 nitrogen and oxygen atoms in total. The normalized spacial score (nSPS) is 27.1. The van der Waals surface area contributed by atoms with Gasteiger partial charge in [-0.3, -0.25) is 4.79 Å². The van der Waals surface area contributed by atoms with Crippen molar-refractivity contribution in [3.63, 3.8) is 0 Å². The Bertz CT molecular complexity index is 213. The molecule has 0 aromatic rings. The average molecular weight is 156 g/mol. The zero-order chi connectivity index (χ0) is 8.70. The highest BCUT2D eigenvalue weighted by molar-refractivity contribution is 5.91. The molecule has 0 aliphatic heterocycles. The summed E-state index contributed by atoms with van der Waals surface area (Å²) in [5.41, 5.74) is -0.779. The van der Waals surface area contributed by atoms with Gasteiger partial charge in [0.2, 0.25) is 0 Å². The topological polar surface area (TPSA) is 57.5 Å². The van der Waals surface area contributed by atoms with Crippen LogP contribution in [-0.4, -0.2) is 21.8 Å². The van der Waals surface area contributed by atoms with Crippen LogP contribution in [0.5, 0.6) is 0 Å². The van der Waals surface area contributed by atoms with Gasteiger partial charge in [-0.1, -0.05) is 13.8 Å². The molecule has 0 amide bonds. The van der Waals surface area contributed by atoms with Gasteiger partial charge in [0.05, 0.1) is 0 Å². The van der Waals surface area contributed by atoms with Gasteiger partial charge < -0.3 is 10.2 Å². The van der Waals surface area contributed by atoms with Gasteiger partial charge in [-0.2, -0.15) is 0 Å². The molecule has 0 unspecified atom stereocenters. The summed E-state index contributed by atoms with van der Waals surface area (Å²) in [7, 11) is 0. The van der Waals surface area contributed by atoms with E-state index in [0.29, 0.717) is 0 Å². The molecular weight excluding hydrogens is 144 g/mol. The van der Waals surface area contributed by atoms with Crippen LogP contribution in [0.25, 0.3) is 0 Å². The SMILES string of the molecule is CC1(C)CC(=O)C=CC1(O)O. The molecule has 0 heterocycles. The lowest BCUT2D eigenvalue weighted by Crippen LogP contribution is -2.46. The molecule has 0 fully saturated rings. The van der Waals surface area contributed by atoms with Gasteiger partial charge in [-0.25, -0.2) is 0 Å². The first-order chi connectivity index (χ1) is 4.85. The first-order valence-electron chi connectivity index (χ1n) is 3.52. The molecule has 0 spiro atoms. The Morgan fingerprint density at radius 1 is 1.45 bits per heavy atom. The lowest BCUT2D eigenvalue weighted by molar-refractivity contribution is -0.200.